The van der Waals surface area contributed by atoms with E-state index >= 15 is 0 Å². The minimum atomic E-state index is -1.82. The molecule has 0 aromatic heterocycles. The largest absolute Gasteiger partial charge is 0.473 e. The molecule has 1 saturated heterocycles. The highest BCUT2D eigenvalue weighted by molar-refractivity contribution is 6.27. The van der Waals surface area contributed by atoms with Crippen molar-refractivity contribution in [1.82, 2.24) is 4.90 Å². The summed E-state index contributed by atoms with van der Waals surface area (Å²) >= 11 is 0. The Morgan fingerprint density at radius 2 is 1.57 bits per heavy atom. The first kappa shape index (κ1) is 18.6. The van der Waals surface area contributed by atoms with Crippen LogP contribution in [0.3, 0.4) is 0 Å². The lowest BCUT2D eigenvalue weighted by molar-refractivity contribution is -0.159. The number of amides is 1. The molecule has 0 radical (unpaired) electrons. The van der Waals surface area contributed by atoms with Crippen molar-refractivity contribution in [2.24, 2.45) is 0 Å². The SMILES string of the molecule is O=C(CCN1CCCC1)Nc1ccc(F)cc1.O=C(O)C(=O)O. The summed E-state index contributed by atoms with van der Waals surface area (Å²) in [5, 5.41) is 17.5. The highest BCUT2D eigenvalue weighted by Crippen LogP contribution is 2.10. The zero-order chi connectivity index (χ0) is 17.2. The van der Waals surface area contributed by atoms with Gasteiger partial charge in [-0.2, -0.15) is 0 Å². The van der Waals surface area contributed by atoms with Crippen molar-refractivity contribution in [1.29, 1.82) is 0 Å². The van der Waals surface area contributed by atoms with Crippen LogP contribution in [0.5, 0.6) is 0 Å². The van der Waals surface area contributed by atoms with Gasteiger partial charge in [0.15, 0.2) is 0 Å². The predicted octanol–water partition coefficient (Wildman–Crippen LogP) is 1.41. The van der Waals surface area contributed by atoms with Gasteiger partial charge >= 0.3 is 11.9 Å². The van der Waals surface area contributed by atoms with Crippen LogP contribution in [-0.2, 0) is 14.4 Å². The van der Waals surface area contributed by atoms with Crippen LogP contribution >= 0.6 is 0 Å². The average molecular weight is 326 g/mol. The monoisotopic (exact) mass is 326 g/mol. The van der Waals surface area contributed by atoms with Gasteiger partial charge in [0.2, 0.25) is 5.91 Å². The van der Waals surface area contributed by atoms with E-state index in [2.05, 4.69) is 10.2 Å². The summed E-state index contributed by atoms with van der Waals surface area (Å²) in [5.41, 5.74) is 0.651. The van der Waals surface area contributed by atoms with Gasteiger partial charge in [0.25, 0.3) is 0 Å². The summed E-state index contributed by atoms with van der Waals surface area (Å²) < 4.78 is 12.7. The van der Waals surface area contributed by atoms with Gasteiger partial charge in [0.05, 0.1) is 0 Å². The number of hydrogen-bond acceptors (Lipinski definition) is 4. The van der Waals surface area contributed by atoms with Crippen LogP contribution in [0.1, 0.15) is 19.3 Å². The lowest BCUT2D eigenvalue weighted by Gasteiger charge is -2.13. The molecule has 1 aliphatic heterocycles. The van der Waals surface area contributed by atoms with Crippen LogP contribution in [0.2, 0.25) is 0 Å². The summed E-state index contributed by atoms with van der Waals surface area (Å²) in [6.45, 7) is 3.01. The molecule has 0 saturated carbocycles. The van der Waals surface area contributed by atoms with E-state index in [9.17, 15) is 9.18 Å². The molecule has 2 rings (SSSR count). The molecule has 0 aliphatic carbocycles. The van der Waals surface area contributed by atoms with Crippen LogP contribution in [0.4, 0.5) is 10.1 Å². The van der Waals surface area contributed by atoms with Gasteiger partial charge in [0, 0.05) is 18.7 Å². The normalized spacial score (nSPS) is 13.8. The molecule has 0 unspecified atom stereocenters. The number of benzene rings is 1. The molecular weight excluding hydrogens is 307 g/mol. The van der Waals surface area contributed by atoms with E-state index in [1.54, 1.807) is 12.1 Å². The summed E-state index contributed by atoms with van der Waals surface area (Å²) in [6, 6.07) is 5.83. The van der Waals surface area contributed by atoms with Crippen molar-refractivity contribution in [2.75, 3.05) is 25.0 Å². The Morgan fingerprint density at radius 1 is 1.04 bits per heavy atom. The maximum Gasteiger partial charge on any atom is 0.414 e. The lowest BCUT2D eigenvalue weighted by atomic mass is 10.3. The molecule has 8 heteroatoms. The van der Waals surface area contributed by atoms with Crippen LogP contribution in [0, 0.1) is 5.82 Å². The van der Waals surface area contributed by atoms with Crippen molar-refractivity contribution in [3.63, 3.8) is 0 Å². The number of rotatable bonds is 4. The van der Waals surface area contributed by atoms with Gasteiger partial charge in [-0.05, 0) is 50.2 Å². The predicted molar refractivity (Wildman–Crippen MR) is 80.6 cm³/mol. The maximum absolute atomic E-state index is 12.7. The third-order valence-corrected chi connectivity index (χ3v) is 3.16. The van der Waals surface area contributed by atoms with E-state index < -0.39 is 11.9 Å². The van der Waals surface area contributed by atoms with Crippen molar-refractivity contribution in [3.05, 3.63) is 30.1 Å². The maximum atomic E-state index is 12.7. The highest BCUT2D eigenvalue weighted by Gasteiger charge is 2.12. The minimum absolute atomic E-state index is 0.0106. The molecule has 1 heterocycles. The Hall–Kier alpha value is -2.48. The minimum Gasteiger partial charge on any atom is -0.473 e. The molecule has 7 nitrogen and oxygen atoms in total. The van der Waals surface area contributed by atoms with Crippen molar-refractivity contribution in [3.8, 4) is 0 Å². The van der Waals surface area contributed by atoms with Crippen LogP contribution < -0.4 is 5.32 Å². The Morgan fingerprint density at radius 3 is 2.04 bits per heavy atom. The first-order valence-electron chi connectivity index (χ1n) is 7.12. The Balaban J connectivity index is 0.000000379. The topological polar surface area (TPSA) is 107 Å². The van der Waals surface area contributed by atoms with Gasteiger partial charge in [-0.25, -0.2) is 14.0 Å². The van der Waals surface area contributed by atoms with E-state index in [0.29, 0.717) is 12.1 Å². The molecule has 0 atom stereocenters. The number of nitrogens with one attached hydrogen (secondary N) is 1. The van der Waals surface area contributed by atoms with Crippen LogP contribution in [0.15, 0.2) is 24.3 Å². The number of carboxylic acids is 2. The molecule has 1 fully saturated rings. The van der Waals surface area contributed by atoms with Gasteiger partial charge in [-0.3, -0.25) is 4.79 Å². The fraction of sp³-hybridized carbons (Fsp3) is 0.400. The second-order valence-corrected chi connectivity index (χ2v) is 4.96. The fourth-order valence-corrected chi connectivity index (χ4v) is 2.02. The smallest absolute Gasteiger partial charge is 0.414 e. The molecule has 0 bridgehead atoms. The fourth-order valence-electron chi connectivity index (χ4n) is 2.02. The molecule has 1 aromatic carbocycles. The molecule has 1 amide bonds. The van der Waals surface area contributed by atoms with Crippen molar-refractivity contribution in [2.45, 2.75) is 19.3 Å². The van der Waals surface area contributed by atoms with Crippen molar-refractivity contribution < 1.29 is 29.0 Å². The second kappa shape index (κ2) is 9.52. The standard InChI is InChI=1S/C13H17FN2O.C2H2O4/c14-11-3-5-12(6-4-11)15-13(17)7-10-16-8-1-2-9-16;3-1(4)2(5)6/h3-6H,1-2,7-10H2,(H,15,17);(H,3,4)(H,5,6). The summed E-state index contributed by atoms with van der Waals surface area (Å²) in [5.74, 6) is -3.95. The second-order valence-electron chi connectivity index (χ2n) is 4.96. The third kappa shape index (κ3) is 7.91. The highest BCUT2D eigenvalue weighted by atomic mass is 19.1. The molecule has 126 valence electrons. The summed E-state index contributed by atoms with van der Waals surface area (Å²) in [7, 11) is 0. The van der Waals surface area contributed by atoms with E-state index in [1.165, 1.54) is 25.0 Å². The van der Waals surface area contributed by atoms with E-state index in [1.807, 2.05) is 0 Å². The molecule has 23 heavy (non-hydrogen) atoms. The van der Waals surface area contributed by atoms with E-state index in [0.717, 1.165) is 19.6 Å². The molecule has 3 N–H and O–H groups in total. The zero-order valence-electron chi connectivity index (χ0n) is 12.5. The Kier molecular flexibility index (Phi) is 7.69. The number of carbonyl (C=O) groups is 3. The summed E-state index contributed by atoms with van der Waals surface area (Å²) in [4.78, 5) is 32.1. The van der Waals surface area contributed by atoms with Crippen LogP contribution in [0.25, 0.3) is 0 Å². The molecule has 0 spiro atoms. The number of nitrogens with zero attached hydrogens (tertiary/aromatic N) is 1. The van der Waals surface area contributed by atoms with Gasteiger partial charge in [-0.15, -0.1) is 0 Å². The quantitative estimate of drug-likeness (QED) is 0.722. The number of likely N-dealkylation sites (tertiary alicyclic amines) is 1. The van der Waals surface area contributed by atoms with Gasteiger partial charge < -0.3 is 20.4 Å². The first-order valence-corrected chi connectivity index (χ1v) is 7.12. The number of aliphatic carboxylic acids is 2. The number of hydrogen-bond donors (Lipinski definition) is 3. The van der Waals surface area contributed by atoms with E-state index in [-0.39, 0.29) is 11.7 Å². The Labute approximate surface area is 132 Å². The molecular formula is C15H19FN2O5. The van der Waals surface area contributed by atoms with E-state index in [4.69, 9.17) is 19.8 Å². The lowest BCUT2D eigenvalue weighted by Crippen LogP contribution is -2.25. The van der Waals surface area contributed by atoms with Gasteiger partial charge in [0.1, 0.15) is 5.82 Å². The number of halogens is 1. The number of anilines is 1. The molecule has 1 aliphatic rings. The number of carboxylic acid groups (broad SMARTS) is 2. The first-order chi connectivity index (χ1) is 10.9. The van der Waals surface area contributed by atoms with Gasteiger partial charge in [-0.1, -0.05) is 0 Å². The van der Waals surface area contributed by atoms with Crippen LogP contribution in [-0.4, -0.2) is 52.6 Å². The van der Waals surface area contributed by atoms with Crippen molar-refractivity contribution >= 4 is 23.5 Å². The third-order valence-electron chi connectivity index (χ3n) is 3.16. The molecule has 1 aromatic rings. The summed E-state index contributed by atoms with van der Waals surface area (Å²) in [6.07, 6.45) is 2.97. The average Bonchev–Trinajstić information content (AvgIpc) is 3.01. The number of carbonyl (C=O) groups excluding carboxylic acids is 1. The Bertz CT molecular complexity index is 529. The zero-order valence-corrected chi connectivity index (χ0v) is 12.5.